The van der Waals surface area contributed by atoms with Crippen molar-refractivity contribution in [1.29, 1.82) is 0 Å². The third kappa shape index (κ3) is 3.71. The van der Waals surface area contributed by atoms with Crippen LogP contribution in [0.4, 0.5) is 0 Å². The van der Waals surface area contributed by atoms with Gasteiger partial charge in [-0.15, -0.1) is 0 Å². The summed E-state index contributed by atoms with van der Waals surface area (Å²) in [5, 5.41) is 4.14. The number of rotatable bonds is 5. The molecule has 1 unspecified atom stereocenters. The summed E-state index contributed by atoms with van der Waals surface area (Å²) >= 11 is 1.55. The van der Waals surface area contributed by atoms with Gasteiger partial charge in [0.1, 0.15) is 0 Å². The number of nitrogens with one attached hydrogen (secondary N) is 2. The molecule has 3 aliphatic rings. The maximum Gasteiger partial charge on any atom is 0.251 e. The van der Waals surface area contributed by atoms with Crippen molar-refractivity contribution in [3.05, 3.63) is 47.7 Å². The Labute approximate surface area is 157 Å². The molecule has 2 N–H and O–H groups in total. The number of nitrogens with zero attached hydrogens (tertiary/aromatic N) is 1. The second-order valence-corrected chi connectivity index (χ2v) is 8.25. The van der Waals surface area contributed by atoms with E-state index >= 15 is 0 Å². The van der Waals surface area contributed by atoms with Gasteiger partial charge in [0.25, 0.3) is 5.91 Å². The number of Topliss-reactive ketones (excluding diaryl/α,β-unsaturated/α-hetero) is 1. The monoisotopic (exact) mass is 369 g/mol. The average molecular weight is 369 g/mol. The Bertz CT molecular complexity index is 807. The Hall–Kier alpha value is -2.05. The molecule has 6 heteroatoms. The van der Waals surface area contributed by atoms with Gasteiger partial charge in [-0.05, 0) is 68.2 Å². The van der Waals surface area contributed by atoms with Crippen LogP contribution < -0.4 is 5.32 Å². The Morgan fingerprint density at radius 2 is 1.85 bits per heavy atom. The fourth-order valence-corrected chi connectivity index (χ4v) is 4.64. The largest absolute Gasteiger partial charge is 0.348 e. The van der Waals surface area contributed by atoms with Crippen LogP contribution in [0.3, 0.4) is 0 Å². The van der Waals surface area contributed by atoms with Gasteiger partial charge in [0, 0.05) is 30.0 Å². The molecule has 3 saturated heterocycles. The zero-order valence-electron chi connectivity index (χ0n) is 14.8. The van der Waals surface area contributed by atoms with E-state index < -0.39 is 0 Å². The smallest absolute Gasteiger partial charge is 0.251 e. The molecule has 1 amide bonds. The summed E-state index contributed by atoms with van der Waals surface area (Å²) in [5.41, 5.74) is 1.31. The molecule has 0 saturated carbocycles. The van der Waals surface area contributed by atoms with Crippen molar-refractivity contribution >= 4 is 23.5 Å². The molecule has 26 heavy (non-hydrogen) atoms. The molecule has 5 nitrogen and oxygen atoms in total. The number of ketones is 1. The van der Waals surface area contributed by atoms with Gasteiger partial charge >= 0.3 is 0 Å². The first-order valence-corrected chi connectivity index (χ1v) is 9.91. The number of carbonyl (C=O) groups is 2. The van der Waals surface area contributed by atoms with Crippen LogP contribution >= 0.6 is 11.8 Å². The standard InChI is InChI=1S/C20H23N3O2S/c1-13(24)17-6-7-19(21-17)26-16-4-2-15(3-5-16)20(25)22-18-12-23-10-8-14(18)9-11-23/h2-7,14,18,21H,8-12H2,1H3,(H,22,25). The molecule has 2 aromatic rings. The summed E-state index contributed by atoms with van der Waals surface area (Å²) in [6, 6.07) is 11.6. The summed E-state index contributed by atoms with van der Waals surface area (Å²) in [6.07, 6.45) is 2.39. The first-order valence-electron chi connectivity index (χ1n) is 9.09. The highest BCUT2D eigenvalue weighted by molar-refractivity contribution is 7.99. The predicted octanol–water partition coefficient (Wildman–Crippen LogP) is 3.19. The maximum atomic E-state index is 12.6. The number of hydrogen-bond donors (Lipinski definition) is 2. The number of aromatic nitrogens is 1. The van der Waals surface area contributed by atoms with Gasteiger partial charge in [0.2, 0.25) is 0 Å². The molecule has 3 aliphatic heterocycles. The summed E-state index contributed by atoms with van der Waals surface area (Å²) < 4.78 is 0. The molecular weight excluding hydrogens is 346 g/mol. The molecule has 1 aromatic carbocycles. The van der Waals surface area contributed by atoms with Crippen LogP contribution in [0.5, 0.6) is 0 Å². The summed E-state index contributed by atoms with van der Waals surface area (Å²) in [4.78, 5) is 30.5. The number of aromatic amines is 1. The third-order valence-corrected chi connectivity index (χ3v) is 6.32. The van der Waals surface area contributed by atoms with E-state index in [0.29, 0.717) is 17.2 Å². The van der Waals surface area contributed by atoms with Crippen LogP contribution in [-0.2, 0) is 0 Å². The van der Waals surface area contributed by atoms with Crippen molar-refractivity contribution in [2.75, 3.05) is 19.6 Å². The lowest BCUT2D eigenvalue weighted by Gasteiger charge is -2.44. The Morgan fingerprint density at radius 3 is 2.42 bits per heavy atom. The molecule has 0 aliphatic carbocycles. The summed E-state index contributed by atoms with van der Waals surface area (Å²) in [6.45, 7) is 4.87. The van der Waals surface area contributed by atoms with E-state index in [0.717, 1.165) is 16.5 Å². The first-order chi connectivity index (χ1) is 12.6. The van der Waals surface area contributed by atoms with Crippen LogP contribution in [0, 0.1) is 5.92 Å². The zero-order valence-corrected chi connectivity index (χ0v) is 15.6. The topological polar surface area (TPSA) is 65.2 Å². The van der Waals surface area contributed by atoms with E-state index in [1.807, 2.05) is 30.3 Å². The minimum atomic E-state index is 0.0130. The van der Waals surface area contributed by atoms with Gasteiger partial charge in [-0.25, -0.2) is 0 Å². The zero-order chi connectivity index (χ0) is 18.1. The number of benzene rings is 1. The van der Waals surface area contributed by atoms with Gasteiger partial charge in [-0.2, -0.15) is 0 Å². The lowest BCUT2D eigenvalue weighted by molar-refractivity contribution is 0.0620. The van der Waals surface area contributed by atoms with Gasteiger partial charge < -0.3 is 15.2 Å². The molecular formula is C20H23N3O2S. The Kier molecular flexibility index (Phi) is 4.87. The van der Waals surface area contributed by atoms with E-state index in [1.54, 1.807) is 24.8 Å². The highest BCUT2D eigenvalue weighted by Gasteiger charge is 2.34. The van der Waals surface area contributed by atoms with E-state index in [1.165, 1.54) is 25.9 Å². The summed E-state index contributed by atoms with van der Waals surface area (Å²) in [5.74, 6) is 0.665. The number of hydrogen-bond acceptors (Lipinski definition) is 4. The van der Waals surface area contributed by atoms with Crippen LogP contribution in [0.2, 0.25) is 0 Å². The number of H-pyrrole nitrogens is 1. The lowest BCUT2D eigenvalue weighted by Crippen LogP contribution is -2.57. The molecule has 0 radical (unpaired) electrons. The van der Waals surface area contributed by atoms with E-state index in [9.17, 15) is 9.59 Å². The SMILES string of the molecule is CC(=O)c1ccc(Sc2ccc(C(=O)NC3CN4CCC3CC4)cc2)[nH]1. The van der Waals surface area contributed by atoms with Gasteiger partial charge in [0.05, 0.1) is 10.7 Å². The highest BCUT2D eigenvalue weighted by atomic mass is 32.2. The molecule has 1 aromatic heterocycles. The van der Waals surface area contributed by atoms with Gasteiger partial charge in [0.15, 0.2) is 5.78 Å². The van der Waals surface area contributed by atoms with E-state index in [2.05, 4.69) is 15.2 Å². The number of carbonyl (C=O) groups excluding carboxylic acids is 2. The number of piperidine rings is 3. The average Bonchev–Trinajstić information content (AvgIpc) is 3.12. The fourth-order valence-electron chi connectivity index (χ4n) is 3.82. The van der Waals surface area contributed by atoms with E-state index in [4.69, 9.17) is 0 Å². The Balaban J connectivity index is 1.37. The molecule has 1 atom stereocenters. The van der Waals surface area contributed by atoms with Crippen molar-refractivity contribution < 1.29 is 9.59 Å². The quantitative estimate of drug-likeness (QED) is 0.795. The van der Waals surface area contributed by atoms with Crippen molar-refractivity contribution in [2.24, 2.45) is 5.92 Å². The van der Waals surface area contributed by atoms with Crippen LogP contribution in [-0.4, -0.2) is 47.3 Å². The highest BCUT2D eigenvalue weighted by Crippen LogP contribution is 2.29. The van der Waals surface area contributed by atoms with Crippen molar-refractivity contribution in [3.63, 3.8) is 0 Å². The molecule has 0 spiro atoms. The van der Waals surface area contributed by atoms with Gasteiger partial charge in [-0.3, -0.25) is 9.59 Å². The molecule has 2 bridgehead atoms. The molecule has 5 rings (SSSR count). The van der Waals surface area contributed by atoms with Gasteiger partial charge in [-0.1, -0.05) is 11.8 Å². The first kappa shape index (κ1) is 17.4. The molecule has 3 fully saturated rings. The minimum Gasteiger partial charge on any atom is -0.348 e. The maximum absolute atomic E-state index is 12.6. The van der Waals surface area contributed by atoms with Crippen molar-refractivity contribution in [1.82, 2.24) is 15.2 Å². The normalized spacial score (nSPS) is 24.4. The fraction of sp³-hybridized carbons (Fsp3) is 0.400. The lowest BCUT2D eigenvalue weighted by atomic mass is 9.84. The number of fused-ring (bicyclic) bond motifs is 3. The molecule has 136 valence electrons. The third-order valence-electron chi connectivity index (χ3n) is 5.36. The number of amides is 1. The second-order valence-electron chi connectivity index (χ2n) is 7.14. The minimum absolute atomic E-state index is 0.0130. The van der Waals surface area contributed by atoms with E-state index in [-0.39, 0.29) is 17.7 Å². The second kappa shape index (κ2) is 7.29. The van der Waals surface area contributed by atoms with Crippen molar-refractivity contribution in [3.8, 4) is 0 Å². The van der Waals surface area contributed by atoms with Crippen LogP contribution in [0.25, 0.3) is 0 Å². The van der Waals surface area contributed by atoms with Crippen molar-refractivity contribution in [2.45, 2.75) is 35.7 Å². The molecule has 4 heterocycles. The predicted molar refractivity (Wildman–Crippen MR) is 102 cm³/mol. The summed E-state index contributed by atoms with van der Waals surface area (Å²) in [7, 11) is 0. The van der Waals surface area contributed by atoms with Crippen LogP contribution in [0.15, 0.2) is 46.3 Å². The Morgan fingerprint density at radius 1 is 1.12 bits per heavy atom. The van der Waals surface area contributed by atoms with Crippen LogP contribution in [0.1, 0.15) is 40.6 Å².